The first-order chi connectivity index (χ1) is 11.3. The second-order valence-corrected chi connectivity index (χ2v) is 7.79. The summed E-state index contributed by atoms with van der Waals surface area (Å²) in [6, 6.07) is 10.8. The van der Waals surface area contributed by atoms with Gasteiger partial charge in [-0.1, -0.05) is 29.3 Å². The van der Waals surface area contributed by atoms with Gasteiger partial charge in [0.2, 0.25) is 5.91 Å². The Hall–Kier alpha value is -1.76. The average Bonchev–Trinajstić information content (AvgIpc) is 2.57. The molecule has 5 nitrogen and oxygen atoms in total. The van der Waals surface area contributed by atoms with Gasteiger partial charge in [0.05, 0.1) is 33.5 Å². The molecule has 1 amide bonds. The molecule has 128 valence electrons. The normalized spacial score (nSPS) is 11.1. The molecule has 0 aromatic heterocycles. The zero-order valence-electron chi connectivity index (χ0n) is 12.8. The highest BCUT2D eigenvalue weighted by molar-refractivity contribution is 7.91. The Morgan fingerprint density at radius 1 is 1.12 bits per heavy atom. The van der Waals surface area contributed by atoms with Crippen LogP contribution in [0.5, 0.6) is 5.75 Å². The summed E-state index contributed by atoms with van der Waals surface area (Å²) in [6.07, 6.45) is -0.197. The van der Waals surface area contributed by atoms with E-state index in [1.807, 2.05) is 0 Å². The smallest absolute Gasteiger partial charge is 0.225 e. The van der Waals surface area contributed by atoms with Gasteiger partial charge < -0.3 is 10.1 Å². The van der Waals surface area contributed by atoms with Gasteiger partial charge in [-0.05, 0) is 36.4 Å². The van der Waals surface area contributed by atoms with Crippen LogP contribution in [0, 0.1) is 0 Å². The van der Waals surface area contributed by atoms with Gasteiger partial charge in [0.1, 0.15) is 5.75 Å². The third-order valence-corrected chi connectivity index (χ3v) is 5.79. The van der Waals surface area contributed by atoms with E-state index < -0.39 is 15.7 Å². The molecule has 0 unspecified atom stereocenters. The SMILES string of the molecule is COc1ccc(S(=O)(=O)CCC(=O)Nc2cccc(Cl)c2Cl)cc1. The molecule has 0 aliphatic rings. The van der Waals surface area contributed by atoms with E-state index in [4.69, 9.17) is 27.9 Å². The van der Waals surface area contributed by atoms with Crippen molar-refractivity contribution in [3.8, 4) is 5.75 Å². The number of hydrogen-bond acceptors (Lipinski definition) is 4. The zero-order valence-corrected chi connectivity index (χ0v) is 15.1. The van der Waals surface area contributed by atoms with Crippen molar-refractivity contribution in [2.75, 3.05) is 18.2 Å². The Balaban J connectivity index is 2.00. The summed E-state index contributed by atoms with van der Waals surface area (Å²) in [5, 5.41) is 3.07. The monoisotopic (exact) mass is 387 g/mol. The third kappa shape index (κ3) is 4.63. The van der Waals surface area contributed by atoms with Crippen LogP contribution in [0.2, 0.25) is 10.0 Å². The lowest BCUT2D eigenvalue weighted by Crippen LogP contribution is -2.17. The van der Waals surface area contributed by atoms with Gasteiger partial charge in [0, 0.05) is 6.42 Å². The largest absolute Gasteiger partial charge is 0.497 e. The number of carbonyl (C=O) groups is 1. The number of sulfone groups is 1. The summed E-state index contributed by atoms with van der Waals surface area (Å²) >= 11 is 11.8. The summed E-state index contributed by atoms with van der Waals surface area (Å²) in [6.45, 7) is 0. The molecule has 0 bridgehead atoms. The number of hydrogen-bond donors (Lipinski definition) is 1. The number of nitrogens with one attached hydrogen (secondary N) is 1. The maximum absolute atomic E-state index is 12.2. The maximum Gasteiger partial charge on any atom is 0.225 e. The van der Waals surface area contributed by atoms with Gasteiger partial charge in [-0.25, -0.2) is 8.42 Å². The Labute approximate surface area is 150 Å². The molecule has 0 saturated heterocycles. The number of amides is 1. The molecule has 2 aromatic rings. The van der Waals surface area contributed by atoms with Crippen molar-refractivity contribution >= 4 is 44.6 Å². The Morgan fingerprint density at radius 2 is 1.79 bits per heavy atom. The number of methoxy groups -OCH3 is 1. The van der Waals surface area contributed by atoms with Gasteiger partial charge in [-0.15, -0.1) is 0 Å². The lowest BCUT2D eigenvalue weighted by molar-refractivity contribution is -0.115. The van der Waals surface area contributed by atoms with E-state index in [1.165, 1.54) is 19.2 Å². The number of anilines is 1. The fourth-order valence-corrected chi connectivity index (χ4v) is 3.53. The first-order valence-electron chi connectivity index (χ1n) is 6.94. The molecule has 2 aromatic carbocycles. The Kier molecular flexibility index (Phi) is 6.10. The fourth-order valence-electron chi connectivity index (χ4n) is 1.94. The molecule has 0 aliphatic heterocycles. The van der Waals surface area contributed by atoms with Crippen LogP contribution in [0.4, 0.5) is 5.69 Å². The highest BCUT2D eigenvalue weighted by Gasteiger charge is 2.17. The summed E-state index contributed by atoms with van der Waals surface area (Å²) in [5.74, 6) is -0.220. The van der Waals surface area contributed by atoms with E-state index in [0.717, 1.165) is 0 Å². The van der Waals surface area contributed by atoms with E-state index >= 15 is 0 Å². The second kappa shape index (κ2) is 7.88. The Morgan fingerprint density at radius 3 is 2.42 bits per heavy atom. The molecule has 0 spiro atoms. The van der Waals surface area contributed by atoms with Crippen LogP contribution in [-0.4, -0.2) is 27.2 Å². The van der Waals surface area contributed by atoms with E-state index in [2.05, 4.69) is 5.32 Å². The van der Waals surface area contributed by atoms with Crippen molar-refractivity contribution in [1.82, 2.24) is 0 Å². The number of benzene rings is 2. The molecule has 8 heteroatoms. The predicted octanol–water partition coefficient (Wildman–Crippen LogP) is 3.80. The van der Waals surface area contributed by atoms with Crippen molar-refractivity contribution in [2.24, 2.45) is 0 Å². The number of carbonyl (C=O) groups excluding carboxylic acids is 1. The second-order valence-electron chi connectivity index (χ2n) is 4.89. The molecule has 1 N–H and O–H groups in total. The highest BCUT2D eigenvalue weighted by Crippen LogP contribution is 2.29. The predicted molar refractivity (Wildman–Crippen MR) is 94.8 cm³/mol. The lowest BCUT2D eigenvalue weighted by Gasteiger charge is -2.09. The van der Waals surface area contributed by atoms with E-state index in [9.17, 15) is 13.2 Å². The van der Waals surface area contributed by atoms with Crippen LogP contribution in [0.3, 0.4) is 0 Å². The van der Waals surface area contributed by atoms with Crippen molar-refractivity contribution < 1.29 is 17.9 Å². The van der Waals surface area contributed by atoms with Crippen LogP contribution in [0.25, 0.3) is 0 Å². The molecule has 0 saturated carbocycles. The van der Waals surface area contributed by atoms with Crippen molar-refractivity contribution in [2.45, 2.75) is 11.3 Å². The molecule has 0 fully saturated rings. The summed E-state index contributed by atoms with van der Waals surface area (Å²) in [7, 11) is -2.07. The molecule has 0 heterocycles. The Bertz CT molecular complexity index is 836. The van der Waals surface area contributed by atoms with Gasteiger partial charge >= 0.3 is 0 Å². The van der Waals surface area contributed by atoms with Crippen LogP contribution < -0.4 is 10.1 Å². The number of halogens is 2. The van der Waals surface area contributed by atoms with Gasteiger partial charge in [-0.3, -0.25) is 4.79 Å². The third-order valence-electron chi connectivity index (χ3n) is 3.24. The highest BCUT2D eigenvalue weighted by atomic mass is 35.5. The van der Waals surface area contributed by atoms with Crippen LogP contribution in [0.15, 0.2) is 47.4 Å². The molecule has 24 heavy (non-hydrogen) atoms. The lowest BCUT2D eigenvalue weighted by atomic mass is 10.3. The minimum Gasteiger partial charge on any atom is -0.497 e. The standard InChI is InChI=1S/C16H15Cl2NO4S/c1-23-11-5-7-12(8-6-11)24(21,22)10-9-15(20)19-14-4-2-3-13(17)16(14)18/h2-8H,9-10H2,1H3,(H,19,20). The molecule has 2 rings (SSSR count). The summed E-state index contributed by atoms with van der Waals surface area (Å²) in [4.78, 5) is 12.1. The number of ether oxygens (including phenoxy) is 1. The quantitative estimate of drug-likeness (QED) is 0.817. The first kappa shape index (κ1) is 18.6. The molecule has 0 radical (unpaired) electrons. The zero-order chi connectivity index (χ0) is 17.7. The van der Waals surface area contributed by atoms with Gasteiger partial charge in [0.15, 0.2) is 9.84 Å². The van der Waals surface area contributed by atoms with Crippen LogP contribution in [0.1, 0.15) is 6.42 Å². The summed E-state index contributed by atoms with van der Waals surface area (Å²) in [5.41, 5.74) is 0.344. The minimum absolute atomic E-state index is 0.136. The molecular formula is C16H15Cl2NO4S. The van der Waals surface area contributed by atoms with E-state index in [0.29, 0.717) is 16.5 Å². The van der Waals surface area contributed by atoms with E-state index in [-0.39, 0.29) is 22.1 Å². The topological polar surface area (TPSA) is 72.5 Å². The van der Waals surface area contributed by atoms with Crippen molar-refractivity contribution in [1.29, 1.82) is 0 Å². The number of rotatable bonds is 6. The maximum atomic E-state index is 12.2. The van der Waals surface area contributed by atoms with E-state index in [1.54, 1.807) is 30.3 Å². The minimum atomic E-state index is -3.57. The van der Waals surface area contributed by atoms with Crippen LogP contribution >= 0.6 is 23.2 Å². The van der Waals surface area contributed by atoms with Gasteiger partial charge in [0.25, 0.3) is 0 Å². The fraction of sp³-hybridized carbons (Fsp3) is 0.188. The van der Waals surface area contributed by atoms with Crippen molar-refractivity contribution in [3.05, 3.63) is 52.5 Å². The average molecular weight is 388 g/mol. The van der Waals surface area contributed by atoms with Gasteiger partial charge in [-0.2, -0.15) is 0 Å². The molecule has 0 atom stereocenters. The molecule has 0 aliphatic carbocycles. The van der Waals surface area contributed by atoms with Crippen LogP contribution in [-0.2, 0) is 14.6 Å². The van der Waals surface area contributed by atoms with Crippen molar-refractivity contribution in [3.63, 3.8) is 0 Å². The summed E-state index contributed by atoms with van der Waals surface area (Å²) < 4.78 is 29.5. The molecular weight excluding hydrogens is 373 g/mol. The first-order valence-corrected chi connectivity index (χ1v) is 9.35.